The number of carbonyl (C=O) groups excluding carboxylic acids is 3. The number of nitrogens with one attached hydrogen (secondary N) is 2. The topological polar surface area (TPSA) is 131 Å². The van der Waals surface area contributed by atoms with Gasteiger partial charge in [-0.25, -0.2) is 0 Å². The zero-order valence-electron chi connectivity index (χ0n) is 22.2. The summed E-state index contributed by atoms with van der Waals surface area (Å²) in [6, 6.07) is 14.2. The van der Waals surface area contributed by atoms with Crippen LogP contribution in [-0.2, 0) is 25.4 Å². The van der Waals surface area contributed by atoms with E-state index in [-0.39, 0.29) is 0 Å². The molecule has 3 N–H and O–H groups in total. The average molecular weight is 575 g/mol. The van der Waals surface area contributed by atoms with E-state index in [2.05, 4.69) is 10.6 Å². The van der Waals surface area contributed by atoms with Crippen molar-refractivity contribution in [3.63, 3.8) is 0 Å². The molecule has 0 aliphatic carbocycles. The standard InChI is InChI=1S/C29H29F3N2O7/c1-17(2)27(34-25(36)16-41-23-13-7-9-18-8-3-4-10-19(18)23)28(39)33-21(14-26(37)38)22(35)15-40-24-12-6-5-11-20(24)29(30,31)32/h3-13,17,21,27H,14-16H2,1-2H3,(H,33,39)(H,34,36)(H,37,38)/t21-,27-/m0/s1. The fraction of sp³-hybridized carbons (Fsp3) is 0.310. The Balaban J connectivity index is 1.65. The number of hydrogen-bond donors (Lipinski definition) is 3. The van der Waals surface area contributed by atoms with Crippen molar-refractivity contribution in [3.05, 3.63) is 72.3 Å². The molecule has 0 aromatic heterocycles. The number of rotatable bonds is 13. The summed E-state index contributed by atoms with van der Waals surface area (Å²) in [5, 5.41) is 15.8. The van der Waals surface area contributed by atoms with E-state index >= 15 is 0 Å². The molecule has 9 nitrogen and oxygen atoms in total. The molecule has 0 saturated heterocycles. The first-order chi connectivity index (χ1) is 19.4. The van der Waals surface area contributed by atoms with Crippen LogP contribution in [0.1, 0.15) is 25.8 Å². The molecule has 0 aliphatic heterocycles. The molecule has 0 heterocycles. The van der Waals surface area contributed by atoms with Crippen molar-refractivity contribution in [2.75, 3.05) is 13.2 Å². The van der Waals surface area contributed by atoms with Crippen LogP contribution in [0.2, 0.25) is 0 Å². The minimum atomic E-state index is -4.74. The predicted octanol–water partition coefficient (Wildman–Crippen LogP) is 3.99. The van der Waals surface area contributed by atoms with Crippen LogP contribution in [0, 0.1) is 5.92 Å². The van der Waals surface area contributed by atoms with E-state index in [4.69, 9.17) is 9.47 Å². The number of para-hydroxylation sites is 1. The van der Waals surface area contributed by atoms with E-state index in [1.807, 2.05) is 30.3 Å². The number of carboxylic acid groups (broad SMARTS) is 1. The predicted molar refractivity (Wildman–Crippen MR) is 142 cm³/mol. The van der Waals surface area contributed by atoms with Crippen molar-refractivity contribution in [2.24, 2.45) is 5.92 Å². The fourth-order valence-electron chi connectivity index (χ4n) is 3.97. The van der Waals surface area contributed by atoms with Gasteiger partial charge in [0.25, 0.3) is 5.91 Å². The number of Topliss-reactive ketones (excluding diaryl/α,β-unsaturated/α-hetero) is 1. The van der Waals surface area contributed by atoms with Crippen LogP contribution in [-0.4, -0.2) is 54.0 Å². The molecule has 0 aliphatic rings. The molecule has 12 heteroatoms. The van der Waals surface area contributed by atoms with Crippen molar-refractivity contribution in [2.45, 2.75) is 38.5 Å². The van der Waals surface area contributed by atoms with Gasteiger partial charge in [0.15, 0.2) is 12.4 Å². The van der Waals surface area contributed by atoms with Crippen LogP contribution in [0.5, 0.6) is 11.5 Å². The van der Waals surface area contributed by atoms with Gasteiger partial charge in [-0.15, -0.1) is 0 Å². The van der Waals surface area contributed by atoms with Gasteiger partial charge in [-0.2, -0.15) is 13.2 Å². The maximum atomic E-state index is 13.2. The lowest BCUT2D eigenvalue weighted by molar-refractivity contribution is -0.141. The third-order valence-corrected chi connectivity index (χ3v) is 6.02. The van der Waals surface area contributed by atoms with E-state index in [1.165, 1.54) is 6.07 Å². The molecule has 3 aromatic rings. The van der Waals surface area contributed by atoms with Crippen molar-refractivity contribution >= 4 is 34.3 Å². The molecule has 2 amide bonds. The molecule has 0 saturated carbocycles. The van der Waals surface area contributed by atoms with E-state index in [0.717, 1.165) is 29.0 Å². The maximum Gasteiger partial charge on any atom is 0.419 e. The van der Waals surface area contributed by atoms with Crippen LogP contribution in [0.3, 0.4) is 0 Å². The molecule has 3 aromatic carbocycles. The Labute approximate surface area is 233 Å². The SMILES string of the molecule is CC(C)[C@H](NC(=O)COc1cccc2ccccc12)C(=O)N[C@@H](CC(=O)O)C(=O)COc1ccccc1C(F)(F)F. The zero-order chi connectivity index (χ0) is 30.2. The molecule has 0 bridgehead atoms. The Kier molecular flexibility index (Phi) is 10.3. The minimum Gasteiger partial charge on any atom is -0.485 e. The number of carboxylic acids is 1. The molecule has 0 fully saturated rings. The maximum absolute atomic E-state index is 13.2. The van der Waals surface area contributed by atoms with Crippen LogP contribution in [0.15, 0.2) is 66.7 Å². The molecule has 218 valence electrons. The second kappa shape index (κ2) is 13.6. The molecule has 3 rings (SSSR count). The number of benzene rings is 3. The molecule has 0 radical (unpaired) electrons. The lowest BCUT2D eigenvalue weighted by Crippen LogP contribution is -2.55. The molecule has 0 spiro atoms. The number of ketones is 1. The summed E-state index contributed by atoms with van der Waals surface area (Å²) in [4.78, 5) is 49.8. The van der Waals surface area contributed by atoms with E-state index in [0.29, 0.717) is 5.75 Å². The van der Waals surface area contributed by atoms with Gasteiger partial charge in [-0.05, 0) is 29.5 Å². The summed E-state index contributed by atoms with van der Waals surface area (Å²) in [7, 11) is 0. The second-order valence-corrected chi connectivity index (χ2v) is 9.46. The van der Waals surface area contributed by atoms with Crippen molar-refractivity contribution in [1.29, 1.82) is 0 Å². The highest BCUT2D eigenvalue weighted by Gasteiger charge is 2.35. The lowest BCUT2D eigenvalue weighted by Gasteiger charge is -2.25. The van der Waals surface area contributed by atoms with Gasteiger partial charge in [0.2, 0.25) is 5.91 Å². The number of carbonyl (C=O) groups is 4. The Morgan fingerprint density at radius 3 is 2.12 bits per heavy atom. The van der Waals surface area contributed by atoms with E-state index in [9.17, 15) is 37.5 Å². The first kappa shape index (κ1) is 30.9. The van der Waals surface area contributed by atoms with Gasteiger partial charge in [0.1, 0.15) is 30.2 Å². The lowest BCUT2D eigenvalue weighted by atomic mass is 10.0. The fourth-order valence-corrected chi connectivity index (χ4v) is 3.97. The Bertz CT molecular complexity index is 1400. The van der Waals surface area contributed by atoms with Crippen LogP contribution < -0.4 is 20.1 Å². The van der Waals surface area contributed by atoms with E-state index in [1.54, 1.807) is 26.0 Å². The Morgan fingerprint density at radius 2 is 1.44 bits per heavy atom. The van der Waals surface area contributed by atoms with Gasteiger partial charge < -0.3 is 25.2 Å². The number of alkyl halides is 3. The van der Waals surface area contributed by atoms with Gasteiger partial charge in [-0.1, -0.05) is 62.4 Å². The monoisotopic (exact) mass is 574 g/mol. The van der Waals surface area contributed by atoms with Crippen molar-refractivity contribution in [1.82, 2.24) is 10.6 Å². The summed E-state index contributed by atoms with van der Waals surface area (Å²) >= 11 is 0. The summed E-state index contributed by atoms with van der Waals surface area (Å²) in [5.74, 6) is -4.53. The zero-order valence-corrected chi connectivity index (χ0v) is 22.2. The summed E-state index contributed by atoms with van der Waals surface area (Å²) in [6.07, 6.45) is -5.59. The third-order valence-electron chi connectivity index (χ3n) is 6.02. The van der Waals surface area contributed by atoms with Gasteiger partial charge in [-0.3, -0.25) is 19.2 Å². The Hall–Kier alpha value is -4.61. The molecular formula is C29H29F3N2O7. The van der Waals surface area contributed by atoms with E-state index < -0.39 is 78.7 Å². The molecule has 0 unspecified atom stereocenters. The first-order valence-corrected chi connectivity index (χ1v) is 12.6. The van der Waals surface area contributed by atoms with Crippen LogP contribution in [0.25, 0.3) is 10.8 Å². The average Bonchev–Trinajstić information content (AvgIpc) is 2.92. The third kappa shape index (κ3) is 8.69. The number of hydrogen-bond acceptors (Lipinski definition) is 6. The molecular weight excluding hydrogens is 545 g/mol. The number of aliphatic carboxylic acids is 1. The number of ether oxygens (including phenoxy) is 2. The number of fused-ring (bicyclic) bond motifs is 1. The largest absolute Gasteiger partial charge is 0.485 e. The van der Waals surface area contributed by atoms with Crippen molar-refractivity contribution in [3.8, 4) is 11.5 Å². The molecule has 41 heavy (non-hydrogen) atoms. The molecule has 2 atom stereocenters. The quantitative estimate of drug-likeness (QED) is 0.281. The summed E-state index contributed by atoms with van der Waals surface area (Å²) in [6.45, 7) is 1.90. The second-order valence-electron chi connectivity index (χ2n) is 9.46. The Morgan fingerprint density at radius 1 is 0.829 bits per heavy atom. The summed E-state index contributed by atoms with van der Waals surface area (Å²) in [5.41, 5.74) is -1.11. The number of halogens is 3. The van der Waals surface area contributed by atoms with Crippen LogP contribution >= 0.6 is 0 Å². The highest BCUT2D eigenvalue weighted by molar-refractivity contribution is 5.95. The van der Waals surface area contributed by atoms with Crippen LogP contribution in [0.4, 0.5) is 13.2 Å². The number of amides is 2. The first-order valence-electron chi connectivity index (χ1n) is 12.6. The van der Waals surface area contributed by atoms with Gasteiger partial charge >= 0.3 is 12.1 Å². The highest BCUT2D eigenvalue weighted by atomic mass is 19.4. The highest BCUT2D eigenvalue weighted by Crippen LogP contribution is 2.35. The normalized spacial score (nSPS) is 12.8. The summed E-state index contributed by atoms with van der Waals surface area (Å²) < 4.78 is 50.4. The van der Waals surface area contributed by atoms with Crippen molar-refractivity contribution < 1.29 is 46.9 Å². The minimum absolute atomic E-state index is 0.422. The van der Waals surface area contributed by atoms with Gasteiger partial charge in [0, 0.05) is 5.39 Å². The van der Waals surface area contributed by atoms with Gasteiger partial charge in [0.05, 0.1) is 12.0 Å². The smallest absolute Gasteiger partial charge is 0.419 e.